The molecule has 1 fully saturated rings. The second kappa shape index (κ2) is 6.87. The van der Waals surface area contributed by atoms with Crippen LogP contribution in [-0.4, -0.2) is 30.1 Å². The molecule has 1 aliphatic heterocycles. The van der Waals surface area contributed by atoms with E-state index in [0.29, 0.717) is 12.1 Å². The molecule has 106 valence electrons. The summed E-state index contributed by atoms with van der Waals surface area (Å²) >= 11 is 3.60. The van der Waals surface area contributed by atoms with Crippen molar-refractivity contribution >= 4 is 15.9 Å². The van der Waals surface area contributed by atoms with Crippen molar-refractivity contribution in [3.63, 3.8) is 0 Å². The van der Waals surface area contributed by atoms with Gasteiger partial charge in [-0.05, 0) is 63.9 Å². The monoisotopic (exact) mass is 324 g/mol. The van der Waals surface area contributed by atoms with Gasteiger partial charge in [-0.2, -0.15) is 0 Å². The number of halogens is 1. The third kappa shape index (κ3) is 4.30. The van der Waals surface area contributed by atoms with Gasteiger partial charge in [0.05, 0.1) is 0 Å². The van der Waals surface area contributed by atoms with Gasteiger partial charge in [0.25, 0.3) is 0 Å². The van der Waals surface area contributed by atoms with E-state index in [-0.39, 0.29) is 0 Å². The summed E-state index contributed by atoms with van der Waals surface area (Å²) < 4.78 is 1.21. The lowest BCUT2D eigenvalue weighted by atomic mass is 10.0. The third-order valence-corrected chi connectivity index (χ3v) is 4.95. The molecule has 1 aromatic carbocycles. The van der Waals surface area contributed by atoms with Crippen LogP contribution in [0.3, 0.4) is 0 Å². The van der Waals surface area contributed by atoms with E-state index in [4.69, 9.17) is 0 Å². The van der Waals surface area contributed by atoms with E-state index in [1.165, 1.54) is 41.5 Å². The summed E-state index contributed by atoms with van der Waals surface area (Å²) in [5.74, 6) is 0. The fourth-order valence-corrected chi connectivity index (χ4v) is 3.05. The lowest BCUT2D eigenvalue weighted by Gasteiger charge is -2.35. The summed E-state index contributed by atoms with van der Waals surface area (Å²) in [6, 6.07) is 7.99. The standard InChI is InChI=1S/C16H25BrN2/c1-12(2)19-8-6-15(7-9-19)18-11-14-5-4-13(3)16(17)10-14/h4-5,10,12,15,18H,6-9,11H2,1-3H3. The molecule has 1 heterocycles. The lowest BCUT2D eigenvalue weighted by Crippen LogP contribution is -2.44. The number of piperidine rings is 1. The number of benzene rings is 1. The average Bonchev–Trinajstić information content (AvgIpc) is 2.40. The molecule has 0 amide bonds. The maximum Gasteiger partial charge on any atom is 0.0208 e. The molecule has 19 heavy (non-hydrogen) atoms. The van der Waals surface area contributed by atoms with Crippen LogP contribution in [0.25, 0.3) is 0 Å². The number of nitrogens with zero attached hydrogens (tertiary/aromatic N) is 1. The van der Waals surface area contributed by atoms with Gasteiger partial charge >= 0.3 is 0 Å². The van der Waals surface area contributed by atoms with Gasteiger partial charge in [0.1, 0.15) is 0 Å². The van der Waals surface area contributed by atoms with Crippen molar-refractivity contribution in [1.82, 2.24) is 10.2 Å². The maximum atomic E-state index is 3.70. The Morgan fingerprint density at radius 1 is 1.32 bits per heavy atom. The fourth-order valence-electron chi connectivity index (χ4n) is 2.63. The first-order valence-corrected chi connectivity index (χ1v) is 8.08. The van der Waals surface area contributed by atoms with E-state index in [1.807, 2.05) is 0 Å². The molecule has 1 N–H and O–H groups in total. The first kappa shape index (κ1) is 15.0. The van der Waals surface area contributed by atoms with Crippen molar-refractivity contribution in [2.24, 2.45) is 0 Å². The zero-order valence-electron chi connectivity index (χ0n) is 12.2. The molecule has 0 aliphatic carbocycles. The smallest absolute Gasteiger partial charge is 0.0208 e. The van der Waals surface area contributed by atoms with Gasteiger partial charge < -0.3 is 10.2 Å². The van der Waals surface area contributed by atoms with Crippen LogP contribution in [0, 0.1) is 6.92 Å². The Hall–Kier alpha value is -0.380. The quantitative estimate of drug-likeness (QED) is 0.908. The highest BCUT2D eigenvalue weighted by atomic mass is 79.9. The number of aryl methyl sites for hydroxylation is 1. The molecule has 0 radical (unpaired) electrons. The molecule has 2 nitrogen and oxygen atoms in total. The van der Waals surface area contributed by atoms with E-state index < -0.39 is 0 Å². The Morgan fingerprint density at radius 3 is 2.58 bits per heavy atom. The summed E-state index contributed by atoms with van der Waals surface area (Å²) in [5, 5.41) is 3.70. The summed E-state index contributed by atoms with van der Waals surface area (Å²) in [5.41, 5.74) is 2.66. The molecule has 0 atom stereocenters. The van der Waals surface area contributed by atoms with E-state index in [9.17, 15) is 0 Å². The fraction of sp³-hybridized carbons (Fsp3) is 0.625. The van der Waals surface area contributed by atoms with Crippen molar-refractivity contribution in [3.05, 3.63) is 33.8 Å². The Morgan fingerprint density at radius 2 is 2.00 bits per heavy atom. The average molecular weight is 325 g/mol. The highest BCUT2D eigenvalue weighted by Gasteiger charge is 2.20. The van der Waals surface area contributed by atoms with Gasteiger partial charge in [-0.25, -0.2) is 0 Å². The van der Waals surface area contributed by atoms with Crippen molar-refractivity contribution < 1.29 is 0 Å². The van der Waals surface area contributed by atoms with Crippen LogP contribution in [0.4, 0.5) is 0 Å². The normalized spacial score (nSPS) is 18.2. The van der Waals surface area contributed by atoms with Gasteiger partial charge in [0, 0.05) is 23.1 Å². The molecule has 3 heteroatoms. The highest BCUT2D eigenvalue weighted by molar-refractivity contribution is 9.10. The molecule has 0 spiro atoms. The van der Waals surface area contributed by atoms with Gasteiger partial charge in [0.15, 0.2) is 0 Å². The molecule has 1 aromatic rings. The predicted octanol–water partition coefficient (Wildman–Crippen LogP) is 3.72. The number of hydrogen-bond acceptors (Lipinski definition) is 2. The third-order valence-electron chi connectivity index (χ3n) is 4.09. The van der Waals surface area contributed by atoms with E-state index >= 15 is 0 Å². The second-order valence-corrected chi connectivity index (χ2v) is 6.72. The zero-order valence-corrected chi connectivity index (χ0v) is 13.8. The minimum Gasteiger partial charge on any atom is -0.310 e. The van der Waals surface area contributed by atoms with E-state index in [2.05, 4.69) is 65.1 Å². The summed E-state index contributed by atoms with van der Waals surface area (Å²) in [6.07, 6.45) is 2.54. The minimum absolute atomic E-state index is 0.676. The lowest BCUT2D eigenvalue weighted by molar-refractivity contribution is 0.161. The molecular formula is C16H25BrN2. The van der Waals surface area contributed by atoms with Crippen LogP contribution in [-0.2, 0) is 6.54 Å². The van der Waals surface area contributed by atoms with Crippen LogP contribution < -0.4 is 5.32 Å². The molecule has 2 rings (SSSR count). The van der Waals surface area contributed by atoms with Crippen molar-refractivity contribution in [2.75, 3.05) is 13.1 Å². The Kier molecular flexibility index (Phi) is 5.43. The van der Waals surface area contributed by atoms with Gasteiger partial charge in [-0.15, -0.1) is 0 Å². The highest BCUT2D eigenvalue weighted by Crippen LogP contribution is 2.18. The molecule has 1 saturated heterocycles. The Labute approximate surface area is 125 Å². The molecule has 0 saturated carbocycles. The number of nitrogens with one attached hydrogen (secondary N) is 1. The molecule has 1 aliphatic rings. The van der Waals surface area contributed by atoms with E-state index in [0.717, 1.165) is 6.54 Å². The molecule has 0 aromatic heterocycles. The van der Waals surface area contributed by atoms with Crippen LogP contribution in [0.2, 0.25) is 0 Å². The minimum atomic E-state index is 0.676. The summed E-state index contributed by atoms with van der Waals surface area (Å²) in [4.78, 5) is 2.57. The maximum absolute atomic E-state index is 3.70. The van der Waals surface area contributed by atoms with Gasteiger partial charge in [-0.3, -0.25) is 0 Å². The van der Waals surface area contributed by atoms with Crippen molar-refractivity contribution in [1.29, 1.82) is 0 Å². The van der Waals surface area contributed by atoms with Gasteiger partial charge in [0.2, 0.25) is 0 Å². The van der Waals surface area contributed by atoms with E-state index in [1.54, 1.807) is 0 Å². The van der Waals surface area contributed by atoms with Crippen LogP contribution in [0.5, 0.6) is 0 Å². The van der Waals surface area contributed by atoms with Crippen LogP contribution in [0.15, 0.2) is 22.7 Å². The number of rotatable bonds is 4. The van der Waals surface area contributed by atoms with Crippen molar-refractivity contribution in [2.45, 2.75) is 52.2 Å². The van der Waals surface area contributed by atoms with Crippen molar-refractivity contribution in [3.8, 4) is 0 Å². The molecule has 0 bridgehead atoms. The Balaban J connectivity index is 1.79. The number of hydrogen-bond donors (Lipinski definition) is 1. The first-order chi connectivity index (χ1) is 9.06. The summed E-state index contributed by atoms with van der Waals surface area (Å²) in [7, 11) is 0. The zero-order chi connectivity index (χ0) is 13.8. The number of likely N-dealkylation sites (tertiary alicyclic amines) is 1. The molecular weight excluding hydrogens is 300 g/mol. The topological polar surface area (TPSA) is 15.3 Å². The summed E-state index contributed by atoms with van der Waals surface area (Å²) in [6.45, 7) is 10.1. The van der Waals surface area contributed by atoms with Crippen LogP contribution >= 0.6 is 15.9 Å². The second-order valence-electron chi connectivity index (χ2n) is 5.87. The predicted molar refractivity (Wildman–Crippen MR) is 85.4 cm³/mol. The molecule has 0 unspecified atom stereocenters. The SMILES string of the molecule is Cc1ccc(CNC2CCN(C(C)C)CC2)cc1Br. The largest absolute Gasteiger partial charge is 0.310 e. The van der Waals surface area contributed by atoms with Crippen LogP contribution in [0.1, 0.15) is 37.8 Å². The van der Waals surface area contributed by atoms with Gasteiger partial charge in [-0.1, -0.05) is 28.1 Å². The first-order valence-electron chi connectivity index (χ1n) is 7.28. The Bertz CT molecular complexity index is 409.